The lowest BCUT2D eigenvalue weighted by Gasteiger charge is -2.32. The van der Waals surface area contributed by atoms with E-state index >= 15 is 0 Å². The van der Waals surface area contributed by atoms with Crippen LogP contribution in [-0.2, 0) is 0 Å². The summed E-state index contributed by atoms with van der Waals surface area (Å²) in [5.41, 5.74) is 7.54. The Kier molecular flexibility index (Phi) is 5.34. The maximum absolute atomic E-state index is 6.49. The van der Waals surface area contributed by atoms with Gasteiger partial charge in [0.15, 0.2) is 0 Å². The molecule has 0 spiro atoms. The molecule has 1 aliphatic rings. The van der Waals surface area contributed by atoms with Crippen molar-refractivity contribution in [2.75, 3.05) is 40.3 Å². The molecule has 0 radical (unpaired) electrons. The average Bonchev–Trinajstić information content (AvgIpc) is 2.60. The van der Waals surface area contributed by atoms with Crippen molar-refractivity contribution in [2.45, 2.75) is 25.4 Å². The molecule has 0 saturated carbocycles. The Morgan fingerprint density at radius 3 is 2.95 bits per heavy atom. The van der Waals surface area contributed by atoms with Gasteiger partial charge in [-0.25, -0.2) is 0 Å². The van der Waals surface area contributed by atoms with Gasteiger partial charge in [-0.3, -0.25) is 4.98 Å². The standard InChI is InChI=1S/C15H26N4O/c1-4-20-13-8-12(9-17-10-13)15(16)14-11-18(2)6-5-7-19(14)3/h8-10,14-15H,4-7,11,16H2,1-3H3. The topological polar surface area (TPSA) is 54.6 Å². The first-order valence-corrected chi connectivity index (χ1v) is 7.34. The molecule has 2 rings (SSSR count). The van der Waals surface area contributed by atoms with Crippen molar-refractivity contribution in [3.63, 3.8) is 0 Å². The first-order chi connectivity index (χ1) is 9.61. The quantitative estimate of drug-likeness (QED) is 0.894. The normalized spacial score (nSPS) is 23.3. The van der Waals surface area contributed by atoms with Crippen molar-refractivity contribution >= 4 is 0 Å². The van der Waals surface area contributed by atoms with Crippen LogP contribution < -0.4 is 10.5 Å². The van der Waals surface area contributed by atoms with E-state index in [4.69, 9.17) is 10.5 Å². The molecule has 0 aromatic carbocycles. The van der Waals surface area contributed by atoms with Gasteiger partial charge in [-0.1, -0.05) is 0 Å². The Morgan fingerprint density at radius 1 is 1.40 bits per heavy atom. The third kappa shape index (κ3) is 3.69. The van der Waals surface area contributed by atoms with Gasteiger partial charge in [-0.2, -0.15) is 0 Å². The van der Waals surface area contributed by atoms with Crippen LogP contribution in [0.1, 0.15) is 24.9 Å². The van der Waals surface area contributed by atoms with Gasteiger partial charge in [0.1, 0.15) is 5.75 Å². The summed E-state index contributed by atoms with van der Waals surface area (Å²) in [5, 5.41) is 0. The fourth-order valence-electron chi connectivity index (χ4n) is 2.78. The summed E-state index contributed by atoms with van der Waals surface area (Å²) in [6.45, 7) is 5.82. The Bertz CT molecular complexity index is 426. The van der Waals surface area contributed by atoms with E-state index in [2.05, 4.69) is 28.9 Å². The molecule has 2 unspecified atom stereocenters. The van der Waals surface area contributed by atoms with E-state index in [1.165, 1.54) is 6.42 Å². The van der Waals surface area contributed by atoms with E-state index in [-0.39, 0.29) is 6.04 Å². The molecule has 5 nitrogen and oxygen atoms in total. The number of rotatable bonds is 4. The summed E-state index contributed by atoms with van der Waals surface area (Å²) in [4.78, 5) is 8.97. The van der Waals surface area contributed by atoms with Gasteiger partial charge in [0.2, 0.25) is 0 Å². The zero-order chi connectivity index (χ0) is 14.5. The van der Waals surface area contributed by atoms with Crippen molar-refractivity contribution in [1.82, 2.24) is 14.8 Å². The molecule has 1 saturated heterocycles. The molecule has 0 amide bonds. The minimum atomic E-state index is -0.0477. The fraction of sp³-hybridized carbons (Fsp3) is 0.667. The van der Waals surface area contributed by atoms with Gasteiger partial charge in [0, 0.05) is 24.8 Å². The molecule has 112 valence electrons. The van der Waals surface area contributed by atoms with Crippen LogP contribution in [0.2, 0.25) is 0 Å². The zero-order valence-corrected chi connectivity index (χ0v) is 12.7. The van der Waals surface area contributed by atoms with Crippen LogP contribution in [0.5, 0.6) is 5.75 Å². The summed E-state index contributed by atoms with van der Waals surface area (Å²) in [5.74, 6) is 0.796. The van der Waals surface area contributed by atoms with Crippen LogP contribution in [0.3, 0.4) is 0 Å². The van der Waals surface area contributed by atoms with Crippen molar-refractivity contribution in [3.05, 3.63) is 24.0 Å². The van der Waals surface area contributed by atoms with Gasteiger partial charge in [0.05, 0.1) is 12.8 Å². The predicted molar refractivity (Wildman–Crippen MR) is 80.9 cm³/mol. The molecular formula is C15H26N4O. The molecule has 2 heterocycles. The van der Waals surface area contributed by atoms with E-state index < -0.39 is 0 Å². The van der Waals surface area contributed by atoms with Gasteiger partial charge in [-0.15, -0.1) is 0 Å². The van der Waals surface area contributed by atoms with Crippen molar-refractivity contribution in [3.8, 4) is 5.75 Å². The molecule has 2 N–H and O–H groups in total. The number of nitrogens with two attached hydrogens (primary N) is 1. The highest BCUT2D eigenvalue weighted by Gasteiger charge is 2.27. The molecule has 1 aliphatic heterocycles. The third-order valence-corrected chi connectivity index (χ3v) is 3.96. The summed E-state index contributed by atoms with van der Waals surface area (Å²) < 4.78 is 5.51. The Balaban J connectivity index is 2.15. The third-order valence-electron chi connectivity index (χ3n) is 3.96. The van der Waals surface area contributed by atoms with Crippen LogP contribution in [0.4, 0.5) is 0 Å². The number of likely N-dealkylation sites (N-methyl/N-ethyl adjacent to an activating group) is 2. The fourth-order valence-corrected chi connectivity index (χ4v) is 2.78. The number of pyridine rings is 1. The van der Waals surface area contributed by atoms with Crippen molar-refractivity contribution in [2.24, 2.45) is 5.73 Å². The molecule has 1 aromatic rings. The largest absolute Gasteiger partial charge is 0.492 e. The summed E-state index contributed by atoms with van der Waals surface area (Å²) in [6, 6.07) is 2.27. The number of aromatic nitrogens is 1. The van der Waals surface area contributed by atoms with E-state index in [0.29, 0.717) is 12.6 Å². The Labute approximate surface area is 121 Å². The summed E-state index contributed by atoms with van der Waals surface area (Å²) in [6.07, 6.45) is 4.78. The first kappa shape index (κ1) is 15.2. The lowest BCUT2D eigenvalue weighted by molar-refractivity contribution is 0.196. The molecule has 0 aliphatic carbocycles. The molecule has 1 fully saturated rings. The Morgan fingerprint density at radius 2 is 2.20 bits per heavy atom. The SMILES string of the molecule is CCOc1cncc(C(N)C2CN(C)CCCN2C)c1. The number of hydrogen-bond donors (Lipinski definition) is 1. The second-order valence-corrected chi connectivity index (χ2v) is 5.58. The lowest BCUT2D eigenvalue weighted by Crippen LogP contribution is -2.45. The molecule has 5 heteroatoms. The van der Waals surface area contributed by atoms with Gasteiger partial charge in [0.25, 0.3) is 0 Å². The molecule has 20 heavy (non-hydrogen) atoms. The van der Waals surface area contributed by atoms with Gasteiger partial charge in [-0.05, 0) is 52.2 Å². The molecule has 2 atom stereocenters. The molecular weight excluding hydrogens is 252 g/mol. The number of hydrogen-bond acceptors (Lipinski definition) is 5. The minimum Gasteiger partial charge on any atom is -0.492 e. The van der Waals surface area contributed by atoms with Crippen LogP contribution >= 0.6 is 0 Å². The monoisotopic (exact) mass is 278 g/mol. The van der Waals surface area contributed by atoms with E-state index in [9.17, 15) is 0 Å². The summed E-state index contributed by atoms with van der Waals surface area (Å²) >= 11 is 0. The van der Waals surface area contributed by atoms with Crippen molar-refractivity contribution < 1.29 is 4.74 Å². The van der Waals surface area contributed by atoms with Gasteiger partial charge < -0.3 is 20.3 Å². The van der Waals surface area contributed by atoms with Crippen LogP contribution in [0.25, 0.3) is 0 Å². The Hall–Kier alpha value is -1.17. The summed E-state index contributed by atoms with van der Waals surface area (Å²) in [7, 11) is 4.32. The van der Waals surface area contributed by atoms with Crippen LogP contribution in [0, 0.1) is 0 Å². The van der Waals surface area contributed by atoms with Gasteiger partial charge >= 0.3 is 0 Å². The number of nitrogens with zero attached hydrogens (tertiary/aromatic N) is 3. The number of ether oxygens (including phenoxy) is 1. The second-order valence-electron chi connectivity index (χ2n) is 5.58. The van der Waals surface area contributed by atoms with Crippen LogP contribution in [0.15, 0.2) is 18.5 Å². The highest BCUT2D eigenvalue weighted by Crippen LogP contribution is 2.23. The van der Waals surface area contributed by atoms with Crippen LogP contribution in [-0.4, -0.2) is 61.2 Å². The zero-order valence-electron chi connectivity index (χ0n) is 12.7. The van der Waals surface area contributed by atoms with E-state index in [0.717, 1.165) is 30.9 Å². The average molecular weight is 278 g/mol. The van der Waals surface area contributed by atoms with E-state index in [1.807, 2.05) is 19.2 Å². The molecule has 1 aromatic heterocycles. The van der Waals surface area contributed by atoms with E-state index in [1.54, 1.807) is 6.20 Å². The second kappa shape index (κ2) is 7.02. The minimum absolute atomic E-state index is 0.0477. The lowest BCUT2D eigenvalue weighted by atomic mass is 10.0. The highest BCUT2D eigenvalue weighted by atomic mass is 16.5. The molecule has 0 bridgehead atoms. The highest BCUT2D eigenvalue weighted by molar-refractivity contribution is 5.27. The van der Waals surface area contributed by atoms with Crippen molar-refractivity contribution in [1.29, 1.82) is 0 Å². The maximum atomic E-state index is 6.49. The first-order valence-electron chi connectivity index (χ1n) is 7.34. The maximum Gasteiger partial charge on any atom is 0.137 e. The smallest absolute Gasteiger partial charge is 0.137 e. The predicted octanol–water partition coefficient (Wildman–Crippen LogP) is 1.12.